The molecule has 4 aromatic rings. The van der Waals surface area contributed by atoms with Crippen molar-refractivity contribution in [3.8, 4) is 39.8 Å². The predicted molar refractivity (Wildman–Crippen MR) is 103 cm³/mol. The van der Waals surface area contributed by atoms with Gasteiger partial charge in [-0.15, -0.1) is 0 Å². The first-order chi connectivity index (χ1) is 13.2. The Morgan fingerprint density at radius 1 is 1.04 bits per heavy atom. The Morgan fingerprint density at radius 3 is 2.74 bits per heavy atom. The van der Waals surface area contributed by atoms with E-state index in [4.69, 9.17) is 9.47 Å². The summed E-state index contributed by atoms with van der Waals surface area (Å²) >= 11 is 0. The highest BCUT2D eigenvalue weighted by molar-refractivity contribution is 5.69. The summed E-state index contributed by atoms with van der Waals surface area (Å²) in [4.78, 5) is 8.96. The molecule has 6 nitrogen and oxygen atoms in total. The van der Waals surface area contributed by atoms with E-state index in [9.17, 15) is 5.11 Å². The van der Waals surface area contributed by atoms with Crippen molar-refractivity contribution in [2.24, 2.45) is 0 Å². The summed E-state index contributed by atoms with van der Waals surface area (Å²) in [6.45, 7) is 2.57. The summed E-state index contributed by atoms with van der Waals surface area (Å²) in [5, 5.41) is 9.84. The van der Waals surface area contributed by atoms with Crippen LogP contribution in [0.15, 0.2) is 61.1 Å². The second-order valence-electron chi connectivity index (χ2n) is 5.99. The molecule has 0 aliphatic rings. The highest BCUT2D eigenvalue weighted by Crippen LogP contribution is 2.32. The quantitative estimate of drug-likeness (QED) is 0.578. The van der Waals surface area contributed by atoms with Crippen molar-refractivity contribution in [3.63, 3.8) is 0 Å². The molecule has 6 heteroatoms. The van der Waals surface area contributed by atoms with E-state index in [2.05, 4.69) is 9.97 Å². The molecule has 0 unspecified atom stereocenters. The number of phenols is 1. The number of hydrogen-bond acceptors (Lipinski definition) is 5. The third-order valence-corrected chi connectivity index (χ3v) is 4.31. The molecule has 4 rings (SSSR count). The fourth-order valence-electron chi connectivity index (χ4n) is 3.00. The molecular weight excluding hydrogens is 342 g/mol. The van der Waals surface area contributed by atoms with Gasteiger partial charge in [-0.2, -0.15) is 0 Å². The third kappa shape index (κ3) is 3.17. The van der Waals surface area contributed by atoms with Gasteiger partial charge >= 0.3 is 0 Å². The van der Waals surface area contributed by atoms with Gasteiger partial charge in [0.15, 0.2) is 17.1 Å². The first-order valence-electron chi connectivity index (χ1n) is 8.63. The Labute approximate surface area is 156 Å². The van der Waals surface area contributed by atoms with Crippen molar-refractivity contribution in [2.75, 3.05) is 13.7 Å². The number of methoxy groups -OCH3 is 1. The van der Waals surface area contributed by atoms with Crippen molar-refractivity contribution in [2.45, 2.75) is 6.92 Å². The van der Waals surface area contributed by atoms with Crippen LogP contribution in [-0.2, 0) is 0 Å². The summed E-state index contributed by atoms with van der Waals surface area (Å²) in [6.07, 6.45) is 5.47. The van der Waals surface area contributed by atoms with Crippen molar-refractivity contribution >= 4 is 5.65 Å². The van der Waals surface area contributed by atoms with Gasteiger partial charge in [-0.1, -0.05) is 12.1 Å². The maximum Gasteiger partial charge on any atom is 0.161 e. The zero-order chi connectivity index (χ0) is 18.8. The molecule has 2 heterocycles. The molecule has 136 valence electrons. The molecule has 0 fully saturated rings. The second-order valence-corrected chi connectivity index (χ2v) is 5.99. The fraction of sp³-hybridized carbons (Fsp3) is 0.143. The van der Waals surface area contributed by atoms with E-state index in [-0.39, 0.29) is 5.75 Å². The van der Waals surface area contributed by atoms with Crippen molar-refractivity contribution < 1.29 is 14.6 Å². The number of aromatic hydroxyl groups is 1. The summed E-state index contributed by atoms with van der Waals surface area (Å²) in [5.74, 6) is 1.33. The van der Waals surface area contributed by atoms with Crippen LogP contribution < -0.4 is 9.47 Å². The lowest BCUT2D eigenvalue weighted by Gasteiger charge is -2.09. The van der Waals surface area contributed by atoms with Crippen LogP contribution in [0.3, 0.4) is 0 Å². The molecule has 0 atom stereocenters. The number of nitrogens with zero attached hydrogens (tertiary/aromatic N) is 3. The number of aromatic nitrogens is 3. The third-order valence-electron chi connectivity index (χ3n) is 4.31. The van der Waals surface area contributed by atoms with Gasteiger partial charge in [-0.05, 0) is 37.3 Å². The zero-order valence-electron chi connectivity index (χ0n) is 15.1. The number of rotatable bonds is 5. The molecule has 2 aromatic heterocycles. The Kier molecular flexibility index (Phi) is 4.38. The van der Waals surface area contributed by atoms with Crippen LogP contribution in [0.4, 0.5) is 0 Å². The standard InChI is InChI=1S/C21H19N3O3/c1-3-27-16-6-4-5-14(9-16)17-13-24-18(11-23-21(24)12-22-17)15-7-8-19(25)20(10-15)26-2/h4-13,25H,3H2,1-2H3. The fourth-order valence-corrected chi connectivity index (χ4v) is 3.00. The number of fused-ring (bicyclic) bond motifs is 1. The lowest BCUT2D eigenvalue weighted by molar-refractivity contribution is 0.340. The average molecular weight is 361 g/mol. The van der Waals surface area contributed by atoms with Gasteiger partial charge in [0.2, 0.25) is 0 Å². The minimum absolute atomic E-state index is 0.102. The van der Waals surface area contributed by atoms with Crippen LogP contribution in [0.2, 0.25) is 0 Å². The van der Waals surface area contributed by atoms with Crippen molar-refractivity contribution in [1.82, 2.24) is 14.4 Å². The maximum atomic E-state index is 9.84. The van der Waals surface area contributed by atoms with E-state index in [1.165, 1.54) is 7.11 Å². The maximum absolute atomic E-state index is 9.84. The minimum Gasteiger partial charge on any atom is -0.504 e. The first kappa shape index (κ1) is 16.9. The lowest BCUT2D eigenvalue weighted by Crippen LogP contribution is -1.95. The SMILES string of the molecule is CCOc1cccc(-c2cn3c(-c4ccc(O)c(OC)c4)cnc3cn2)c1. The molecule has 0 amide bonds. The first-order valence-corrected chi connectivity index (χ1v) is 8.63. The largest absolute Gasteiger partial charge is 0.504 e. The Morgan fingerprint density at radius 2 is 1.93 bits per heavy atom. The molecule has 2 aromatic carbocycles. The molecule has 0 spiro atoms. The van der Waals surface area contributed by atoms with E-state index < -0.39 is 0 Å². The van der Waals surface area contributed by atoms with Crippen LogP contribution in [0.25, 0.3) is 28.2 Å². The smallest absolute Gasteiger partial charge is 0.161 e. The van der Waals surface area contributed by atoms with Crippen molar-refractivity contribution in [1.29, 1.82) is 0 Å². The van der Waals surface area contributed by atoms with E-state index in [1.54, 1.807) is 24.5 Å². The molecular formula is C21H19N3O3. The van der Waals surface area contributed by atoms with Crippen LogP contribution in [-0.4, -0.2) is 33.2 Å². The minimum atomic E-state index is 0.102. The van der Waals surface area contributed by atoms with E-state index in [1.807, 2.05) is 47.9 Å². The molecule has 0 saturated heterocycles. The van der Waals surface area contributed by atoms with Gasteiger partial charge in [0.1, 0.15) is 5.75 Å². The van der Waals surface area contributed by atoms with E-state index >= 15 is 0 Å². The zero-order valence-corrected chi connectivity index (χ0v) is 15.1. The highest BCUT2D eigenvalue weighted by atomic mass is 16.5. The highest BCUT2D eigenvalue weighted by Gasteiger charge is 2.11. The van der Waals surface area contributed by atoms with Gasteiger partial charge in [-0.3, -0.25) is 9.38 Å². The second kappa shape index (κ2) is 6.99. The number of imidazole rings is 1. The van der Waals surface area contributed by atoms with Crippen molar-refractivity contribution in [3.05, 3.63) is 61.1 Å². The number of ether oxygens (including phenoxy) is 2. The summed E-state index contributed by atoms with van der Waals surface area (Å²) in [5.41, 5.74) is 4.28. The van der Waals surface area contributed by atoms with Gasteiger partial charge in [-0.25, -0.2) is 4.98 Å². The summed E-state index contributed by atoms with van der Waals surface area (Å²) in [7, 11) is 1.53. The molecule has 0 aliphatic carbocycles. The molecule has 0 bridgehead atoms. The average Bonchev–Trinajstić information content (AvgIpc) is 3.12. The van der Waals surface area contributed by atoms with Gasteiger partial charge in [0.25, 0.3) is 0 Å². The number of benzene rings is 2. The molecule has 27 heavy (non-hydrogen) atoms. The van der Waals surface area contributed by atoms with Crippen LogP contribution in [0, 0.1) is 0 Å². The summed E-state index contributed by atoms with van der Waals surface area (Å²) in [6, 6.07) is 13.1. The lowest BCUT2D eigenvalue weighted by atomic mass is 10.1. The molecule has 1 N–H and O–H groups in total. The predicted octanol–water partition coefficient (Wildman–Crippen LogP) is 4.18. The topological polar surface area (TPSA) is 68.9 Å². The normalized spacial score (nSPS) is 10.9. The molecule has 0 saturated carbocycles. The van der Waals surface area contributed by atoms with Crippen LogP contribution in [0.1, 0.15) is 6.92 Å². The Hall–Kier alpha value is -3.54. The monoisotopic (exact) mass is 361 g/mol. The van der Waals surface area contributed by atoms with Crippen LogP contribution in [0.5, 0.6) is 17.2 Å². The summed E-state index contributed by atoms with van der Waals surface area (Å²) < 4.78 is 12.8. The van der Waals surface area contributed by atoms with Gasteiger partial charge in [0, 0.05) is 17.3 Å². The van der Waals surface area contributed by atoms with E-state index in [0.29, 0.717) is 12.4 Å². The molecule has 0 aliphatic heterocycles. The van der Waals surface area contributed by atoms with E-state index in [0.717, 1.165) is 33.9 Å². The number of hydrogen-bond donors (Lipinski definition) is 1. The van der Waals surface area contributed by atoms with Gasteiger partial charge in [0.05, 0.1) is 37.5 Å². The van der Waals surface area contributed by atoms with Crippen LogP contribution >= 0.6 is 0 Å². The Bertz CT molecular complexity index is 1100. The molecule has 0 radical (unpaired) electrons. The van der Waals surface area contributed by atoms with Gasteiger partial charge < -0.3 is 14.6 Å². The number of phenolic OH excluding ortho intramolecular Hbond substituents is 1. The Balaban J connectivity index is 1.81.